The van der Waals surface area contributed by atoms with E-state index in [2.05, 4.69) is 12.2 Å². The lowest BCUT2D eigenvalue weighted by Gasteiger charge is -2.13. The average molecular weight is 517 g/mol. The Morgan fingerprint density at radius 2 is 1.76 bits per heavy atom. The van der Waals surface area contributed by atoms with Crippen LogP contribution in [-0.2, 0) is 11.2 Å². The monoisotopic (exact) mass is 516 g/mol. The summed E-state index contributed by atoms with van der Waals surface area (Å²) < 4.78 is 17.2. The number of aromatic carboxylic acids is 1. The molecule has 0 amide bonds. The van der Waals surface area contributed by atoms with Gasteiger partial charge in [0.25, 0.3) is 0 Å². The van der Waals surface area contributed by atoms with Crippen LogP contribution in [0.2, 0.25) is 0 Å². The van der Waals surface area contributed by atoms with Crippen LogP contribution < -0.4 is 14.9 Å². The number of allylic oxidation sites excluding steroid dienone is 1. The van der Waals surface area contributed by atoms with Crippen molar-refractivity contribution < 1.29 is 33.7 Å². The van der Waals surface area contributed by atoms with E-state index in [1.54, 1.807) is 19.2 Å². The molecule has 0 aliphatic heterocycles. The number of ether oxygens (including phenoxy) is 2. The first-order valence-corrected chi connectivity index (χ1v) is 12.3. The number of carbonyl (C=O) groups is 2. The van der Waals surface area contributed by atoms with Crippen molar-refractivity contribution in [2.45, 2.75) is 32.1 Å². The lowest BCUT2D eigenvalue weighted by molar-refractivity contribution is -0.136. The zero-order valence-corrected chi connectivity index (χ0v) is 20.9. The fourth-order valence-electron chi connectivity index (χ4n) is 4.17. The highest BCUT2D eigenvalue weighted by Crippen LogP contribution is 2.31. The molecule has 0 atom stereocenters. The summed E-state index contributed by atoms with van der Waals surface area (Å²) in [4.78, 5) is 35.8. The maximum Gasteiger partial charge on any atom is 0.335 e. The summed E-state index contributed by atoms with van der Waals surface area (Å²) in [6.07, 6.45) is 6.67. The Kier molecular flexibility index (Phi) is 8.43. The number of hydrogen-bond acceptors (Lipinski definition) is 6. The second kappa shape index (κ2) is 12.1. The molecule has 8 heteroatoms. The third kappa shape index (κ3) is 6.21. The standard InChI is InChI=1S/C30H28O8/c1-36-21-10-7-19(8-11-21)6-4-2-3-5-17-37-25-15-12-23-28(33)24-18-20(30(34)35)9-14-26(24)38-29(23)22(25)13-16-27(31)32/h4,6-12,14-15,18H,2-3,5,13,16-17H2,1H3,(H,31,32)(H,34,35)/b6-4+. The van der Waals surface area contributed by atoms with Gasteiger partial charge in [0.15, 0.2) is 0 Å². The van der Waals surface area contributed by atoms with Crippen LogP contribution in [0.5, 0.6) is 11.5 Å². The van der Waals surface area contributed by atoms with Gasteiger partial charge in [0, 0.05) is 12.0 Å². The Morgan fingerprint density at radius 3 is 2.47 bits per heavy atom. The highest BCUT2D eigenvalue weighted by atomic mass is 16.5. The van der Waals surface area contributed by atoms with Gasteiger partial charge < -0.3 is 24.1 Å². The lowest BCUT2D eigenvalue weighted by Crippen LogP contribution is -2.08. The maximum absolute atomic E-state index is 13.1. The molecule has 1 aromatic heterocycles. The minimum absolute atomic E-state index is 0.0194. The molecule has 0 aliphatic rings. The van der Waals surface area contributed by atoms with Crippen molar-refractivity contribution >= 4 is 40.0 Å². The molecule has 0 saturated carbocycles. The number of benzene rings is 3. The topological polar surface area (TPSA) is 123 Å². The number of rotatable bonds is 12. The van der Waals surface area contributed by atoms with Gasteiger partial charge in [0.2, 0.25) is 5.43 Å². The molecule has 1 heterocycles. The fourth-order valence-corrected chi connectivity index (χ4v) is 4.17. The minimum Gasteiger partial charge on any atom is -0.497 e. The summed E-state index contributed by atoms with van der Waals surface area (Å²) >= 11 is 0. The number of methoxy groups -OCH3 is 1. The van der Waals surface area contributed by atoms with Gasteiger partial charge in [-0.15, -0.1) is 0 Å². The van der Waals surface area contributed by atoms with Crippen molar-refractivity contribution in [3.05, 3.63) is 87.6 Å². The number of hydrogen-bond donors (Lipinski definition) is 2. The molecule has 8 nitrogen and oxygen atoms in total. The zero-order valence-electron chi connectivity index (χ0n) is 20.9. The lowest BCUT2D eigenvalue weighted by atomic mass is 10.0. The zero-order chi connectivity index (χ0) is 27.1. The van der Waals surface area contributed by atoms with Crippen molar-refractivity contribution in [3.8, 4) is 11.5 Å². The van der Waals surface area contributed by atoms with Crippen LogP contribution in [0.15, 0.2) is 69.9 Å². The van der Waals surface area contributed by atoms with E-state index in [1.807, 2.05) is 24.3 Å². The molecule has 4 aromatic rings. The summed E-state index contributed by atoms with van der Waals surface area (Å²) in [6.45, 7) is 0.418. The molecule has 38 heavy (non-hydrogen) atoms. The first-order chi connectivity index (χ1) is 18.4. The predicted molar refractivity (Wildman–Crippen MR) is 144 cm³/mol. The second-order valence-corrected chi connectivity index (χ2v) is 8.78. The summed E-state index contributed by atoms with van der Waals surface area (Å²) in [6, 6.07) is 15.1. The Balaban J connectivity index is 1.48. The third-order valence-electron chi connectivity index (χ3n) is 6.18. The molecule has 3 aromatic carbocycles. The van der Waals surface area contributed by atoms with Gasteiger partial charge >= 0.3 is 11.9 Å². The molecule has 0 spiro atoms. The number of aliphatic carboxylic acids is 1. The number of carboxylic acids is 2. The van der Waals surface area contributed by atoms with Crippen LogP contribution in [0, 0.1) is 0 Å². The molecule has 196 valence electrons. The van der Waals surface area contributed by atoms with Crippen LogP contribution in [0.4, 0.5) is 0 Å². The molecular formula is C30H28O8. The highest BCUT2D eigenvalue weighted by molar-refractivity contribution is 5.97. The van der Waals surface area contributed by atoms with Gasteiger partial charge in [-0.05, 0) is 73.7 Å². The van der Waals surface area contributed by atoms with E-state index in [-0.39, 0.29) is 45.8 Å². The van der Waals surface area contributed by atoms with E-state index >= 15 is 0 Å². The minimum atomic E-state index is -1.14. The quantitative estimate of drug-likeness (QED) is 0.175. The van der Waals surface area contributed by atoms with Crippen LogP contribution in [0.1, 0.15) is 47.2 Å². The van der Waals surface area contributed by atoms with Gasteiger partial charge in [-0.2, -0.15) is 0 Å². The molecule has 0 bridgehead atoms. The van der Waals surface area contributed by atoms with Crippen molar-refractivity contribution in [1.82, 2.24) is 0 Å². The summed E-state index contributed by atoms with van der Waals surface area (Å²) in [7, 11) is 1.63. The molecule has 2 N–H and O–H groups in total. The largest absolute Gasteiger partial charge is 0.497 e. The van der Waals surface area contributed by atoms with Crippen molar-refractivity contribution in [2.75, 3.05) is 13.7 Å². The normalized spacial score (nSPS) is 11.3. The smallest absolute Gasteiger partial charge is 0.335 e. The predicted octanol–water partition coefficient (Wildman–Crippen LogP) is 5.93. The van der Waals surface area contributed by atoms with Crippen LogP contribution in [0.3, 0.4) is 0 Å². The van der Waals surface area contributed by atoms with Gasteiger partial charge in [-0.1, -0.05) is 24.3 Å². The molecule has 0 fully saturated rings. The van der Waals surface area contributed by atoms with Crippen LogP contribution >= 0.6 is 0 Å². The van der Waals surface area contributed by atoms with Crippen molar-refractivity contribution in [1.29, 1.82) is 0 Å². The SMILES string of the molecule is COc1ccc(/C=C/CCCCOc2ccc3c(=O)c4cc(C(=O)O)ccc4oc3c2CCC(=O)O)cc1. The Hall–Kier alpha value is -4.59. The van der Waals surface area contributed by atoms with E-state index in [9.17, 15) is 24.6 Å². The van der Waals surface area contributed by atoms with Gasteiger partial charge in [0.05, 0.1) is 30.1 Å². The van der Waals surface area contributed by atoms with E-state index in [1.165, 1.54) is 18.2 Å². The van der Waals surface area contributed by atoms with Crippen molar-refractivity contribution in [2.24, 2.45) is 0 Å². The molecular weight excluding hydrogens is 488 g/mol. The Labute approximate surface area is 218 Å². The second-order valence-electron chi connectivity index (χ2n) is 8.78. The van der Waals surface area contributed by atoms with E-state index in [4.69, 9.17) is 13.9 Å². The third-order valence-corrected chi connectivity index (χ3v) is 6.18. The molecule has 4 rings (SSSR count). The Bertz CT molecular complexity index is 1550. The number of carboxylic acid groups (broad SMARTS) is 2. The van der Waals surface area contributed by atoms with Gasteiger partial charge in [0.1, 0.15) is 22.7 Å². The number of fused-ring (bicyclic) bond motifs is 2. The highest BCUT2D eigenvalue weighted by Gasteiger charge is 2.18. The first kappa shape index (κ1) is 26.5. The maximum atomic E-state index is 13.1. The van der Waals surface area contributed by atoms with Crippen LogP contribution in [0.25, 0.3) is 28.0 Å². The molecule has 0 radical (unpaired) electrons. The summed E-state index contributed by atoms with van der Waals surface area (Å²) in [5.41, 5.74) is 1.68. The summed E-state index contributed by atoms with van der Waals surface area (Å²) in [5, 5.41) is 18.9. The Morgan fingerprint density at radius 1 is 0.974 bits per heavy atom. The van der Waals surface area contributed by atoms with E-state index in [0.29, 0.717) is 17.9 Å². The van der Waals surface area contributed by atoms with Gasteiger partial charge in [-0.25, -0.2) is 4.79 Å². The molecule has 0 aliphatic carbocycles. The van der Waals surface area contributed by atoms with E-state index < -0.39 is 11.9 Å². The number of aryl methyl sites for hydroxylation is 1. The fraction of sp³-hybridized carbons (Fsp3) is 0.233. The van der Waals surface area contributed by atoms with Crippen LogP contribution in [-0.4, -0.2) is 35.9 Å². The average Bonchev–Trinajstić information content (AvgIpc) is 2.91. The summed E-state index contributed by atoms with van der Waals surface area (Å²) in [5.74, 6) is -0.841. The number of unbranched alkanes of at least 4 members (excludes halogenated alkanes) is 2. The molecule has 0 unspecified atom stereocenters. The molecule has 0 saturated heterocycles. The first-order valence-electron chi connectivity index (χ1n) is 12.3. The van der Waals surface area contributed by atoms with E-state index in [0.717, 1.165) is 30.6 Å². The van der Waals surface area contributed by atoms with Gasteiger partial charge in [-0.3, -0.25) is 9.59 Å². The van der Waals surface area contributed by atoms with Crippen molar-refractivity contribution in [3.63, 3.8) is 0 Å².